The monoisotopic (exact) mass is 286 g/mol. The van der Waals surface area contributed by atoms with Gasteiger partial charge in [-0.15, -0.1) is 0 Å². The molecule has 0 aromatic heterocycles. The van der Waals surface area contributed by atoms with Gasteiger partial charge in [-0.05, 0) is 51.0 Å². The molecule has 0 spiro atoms. The lowest BCUT2D eigenvalue weighted by molar-refractivity contribution is -0.136. The highest BCUT2D eigenvalue weighted by Gasteiger charge is 2.32. The molecule has 5 heteroatoms. The molecule has 0 atom stereocenters. The summed E-state index contributed by atoms with van der Waals surface area (Å²) >= 11 is 0. The number of piperidine rings is 1. The van der Waals surface area contributed by atoms with E-state index in [4.69, 9.17) is 0 Å². The second-order valence-corrected chi connectivity index (χ2v) is 5.23. The second-order valence-electron chi connectivity index (χ2n) is 5.23. The van der Waals surface area contributed by atoms with Gasteiger partial charge in [0.1, 0.15) is 0 Å². The lowest BCUT2D eigenvalue weighted by Gasteiger charge is -2.26. The Morgan fingerprint density at radius 2 is 1.75 bits per heavy atom. The molecule has 1 aromatic carbocycles. The van der Waals surface area contributed by atoms with Gasteiger partial charge in [-0.3, -0.25) is 0 Å². The number of anilines is 1. The third kappa shape index (κ3) is 4.40. The number of halogens is 3. The van der Waals surface area contributed by atoms with Crippen LogP contribution in [-0.4, -0.2) is 31.1 Å². The summed E-state index contributed by atoms with van der Waals surface area (Å²) in [4.78, 5) is 2.39. The molecule has 0 aliphatic carbocycles. The van der Waals surface area contributed by atoms with Crippen LogP contribution >= 0.6 is 0 Å². The van der Waals surface area contributed by atoms with E-state index in [1.807, 2.05) is 0 Å². The van der Waals surface area contributed by atoms with E-state index in [0.717, 1.165) is 32.1 Å². The van der Waals surface area contributed by atoms with Gasteiger partial charge in [-0.25, -0.2) is 0 Å². The average molecular weight is 286 g/mol. The fraction of sp³-hybridized carbons (Fsp3) is 0.600. The van der Waals surface area contributed by atoms with Crippen molar-refractivity contribution in [2.24, 2.45) is 0 Å². The Kier molecular flexibility index (Phi) is 5.29. The predicted octanol–water partition coefficient (Wildman–Crippen LogP) is 3.99. The third-order valence-electron chi connectivity index (χ3n) is 3.65. The minimum atomic E-state index is -4.30. The van der Waals surface area contributed by atoms with Crippen LogP contribution in [0.5, 0.6) is 0 Å². The highest BCUT2D eigenvalue weighted by atomic mass is 19.4. The molecular formula is C15H21F3N2. The Morgan fingerprint density at radius 1 is 1.05 bits per heavy atom. The van der Waals surface area contributed by atoms with Gasteiger partial charge in [0.25, 0.3) is 0 Å². The number of para-hydroxylation sites is 1. The molecule has 2 nitrogen and oxygen atoms in total. The number of benzene rings is 1. The van der Waals surface area contributed by atoms with Gasteiger partial charge in [-0.1, -0.05) is 18.6 Å². The van der Waals surface area contributed by atoms with Crippen molar-refractivity contribution in [2.75, 3.05) is 31.5 Å². The maximum Gasteiger partial charge on any atom is 0.418 e. The summed E-state index contributed by atoms with van der Waals surface area (Å²) in [7, 11) is 0. The summed E-state index contributed by atoms with van der Waals surface area (Å²) in [6.45, 7) is 3.78. The normalized spacial score (nSPS) is 17.1. The maximum absolute atomic E-state index is 12.8. The summed E-state index contributed by atoms with van der Waals surface area (Å²) in [6.07, 6.45) is 0.352. The van der Waals surface area contributed by atoms with E-state index in [-0.39, 0.29) is 5.69 Å². The summed E-state index contributed by atoms with van der Waals surface area (Å²) in [5.41, 5.74) is -0.406. The van der Waals surface area contributed by atoms with Crippen LogP contribution in [0.15, 0.2) is 24.3 Å². The molecule has 1 aromatic rings. The zero-order chi connectivity index (χ0) is 14.4. The first-order valence-electron chi connectivity index (χ1n) is 7.20. The van der Waals surface area contributed by atoms with Crippen LogP contribution in [-0.2, 0) is 6.18 Å². The standard InChI is InChI=1S/C15H21F3N2/c16-15(17,18)13-7-2-3-8-14(13)19-9-6-12-20-10-4-1-5-11-20/h2-3,7-8,19H,1,4-6,9-12H2. The lowest BCUT2D eigenvalue weighted by Crippen LogP contribution is -2.31. The number of hydrogen-bond donors (Lipinski definition) is 1. The quantitative estimate of drug-likeness (QED) is 0.823. The van der Waals surface area contributed by atoms with E-state index in [9.17, 15) is 13.2 Å². The first-order valence-corrected chi connectivity index (χ1v) is 7.20. The molecule has 112 valence electrons. The molecule has 1 heterocycles. The van der Waals surface area contributed by atoms with Crippen LogP contribution in [0, 0.1) is 0 Å². The fourth-order valence-corrected chi connectivity index (χ4v) is 2.59. The molecule has 0 saturated carbocycles. The maximum atomic E-state index is 12.8. The van der Waals surface area contributed by atoms with E-state index in [0.29, 0.717) is 6.54 Å². The first-order chi connectivity index (χ1) is 9.57. The fourth-order valence-electron chi connectivity index (χ4n) is 2.59. The molecule has 1 N–H and O–H groups in total. The number of rotatable bonds is 5. The van der Waals surface area contributed by atoms with Crippen LogP contribution in [0.1, 0.15) is 31.2 Å². The summed E-state index contributed by atoms with van der Waals surface area (Å²) in [6, 6.07) is 5.65. The van der Waals surface area contributed by atoms with Crippen molar-refractivity contribution in [3.8, 4) is 0 Å². The predicted molar refractivity (Wildman–Crippen MR) is 74.8 cm³/mol. The largest absolute Gasteiger partial charge is 0.418 e. The molecule has 0 amide bonds. The van der Waals surface area contributed by atoms with Crippen molar-refractivity contribution in [1.82, 2.24) is 4.90 Å². The number of likely N-dealkylation sites (tertiary alicyclic amines) is 1. The summed E-state index contributed by atoms with van der Waals surface area (Å²) in [5.74, 6) is 0. The average Bonchev–Trinajstić information content (AvgIpc) is 2.44. The van der Waals surface area contributed by atoms with Crippen LogP contribution in [0.4, 0.5) is 18.9 Å². The Labute approximate surface area is 118 Å². The van der Waals surface area contributed by atoms with Gasteiger partial charge in [0, 0.05) is 12.2 Å². The molecule has 1 fully saturated rings. The molecule has 20 heavy (non-hydrogen) atoms. The van der Waals surface area contributed by atoms with Crippen LogP contribution in [0.3, 0.4) is 0 Å². The summed E-state index contributed by atoms with van der Waals surface area (Å²) < 4.78 is 38.4. The minimum absolute atomic E-state index is 0.179. The summed E-state index contributed by atoms with van der Waals surface area (Å²) in [5, 5.41) is 2.91. The zero-order valence-electron chi connectivity index (χ0n) is 11.5. The lowest BCUT2D eigenvalue weighted by atomic mass is 10.1. The van der Waals surface area contributed by atoms with E-state index >= 15 is 0 Å². The van der Waals surface area contributed by atoms with Crippen molar-refractivity contribution in [3.05, 3.63) is 29.8 Å². The van der Waals surface area contributed by atoms with Gasteiger partial charge < -0.3 is 10.2 Å². The topological polar surface area (TPSA) is 15.3 Å². The molecule has 2 rings (SSSR count). The van der Waals surface area contributed by atoms with Gasteiger partial charge in [0.15, 0.2) is 0 Å². The van der Waals surface area contributed by atoms with Gasteiger partial charge >= 0.3 is 6.18 Å². The Balaban J connectivity index is 1.79. The number of nitrogens with one attached hydrogen (secondary N) is 1. The van der Waals surface area contributed by atoms with Crippen molar-refractivity contribution in [2.45, 2.75) is 31.9 Å². The molecule has 1 aliphatic rings. The van der Waals surface area contributed by atoms with Crippen LogP contribution in [0.2, 0.25) is 0 Å². The zero-order valence-corrected chi connectivity index (χ0v) is 11.5. The number of hydrogen-bond acceptors (Lipinski definition) is 2. The van der Waals surface area contributed by atoms with E-state index in [1.54, 1.807) is 6.07 Å². The van der Waals surface area contributed by atoms with Gasteiger partial charge in [-0.2, -0.15) is 13.2 Å². The molecule has 1 saturated heterocycles. The van der Waals surface area contributed by atoms with Crippen molar-refractivity contribution in [1.29, 1.82) is 0 Å². The minimum Gasteiger partial charge on any atom is -0.385 e. The highest BCUT2D eigenvalue weighted by molar-refractivity contribution is 5.52. The Hall–Kier alpha value is -1.23. The Bertz CT molecular complexity index is 412. The molecule has 1 aliphatic heterocycles. The highest BCUT2D eigenvalue weighted by Crippen LogP contribution is 2.34. The van der Waals surface area contributed by atoms with Gasteiger partial charge in [0.2, 0.25) is 0 Å². The SMILES string of the molecule is FC(F)(F)c1ccccc1NCCCN1CCCCC1. The molecule has 0 radical (unpaired) electrons. The van der Waals surface area contributed by atoms with Crippen molar-refractivity contribution in [3.63, 3.8) is 0 Å². The van der Waals surface area contributed by atoms with Crippen LogP contribution < -0.4 is 5.32 Å². The first kappa shape index (κ1) is 15.2. The van der Waals surface area contributed by atoms with Crippen molar-refractivity contribution < 1.29 is 13.2 Å². The Morgan fingerprint density at radius 3 is 2.45 bits per heavy atom. The smallest absolute Gasteiger partial charge is 0.385 e. The molecule has 0 unspecified atom stereocenters. The van der Waals surface area contributed by atoms with Crippen LogP contribution in [0.25, 0.3) is 0 Å². The van der Waals surface area contributed by atoms with E-state index in [1.165, 1.54) is 31.4 Å². The second kappa shape index (κ2) is 6.97. The van der Waals surface area contributed by atoms with E-state index < -0.39 is 11.7 Å². The number of alkyl halides is 3. The van der Waals surface area contributed by atoms with E-state index in [2.05, 4.69) is 10.2 Å². The third-order valence-corrected chi connectivity index (χ3v) is 3.65. The molecule has 0 bridgehead atoms. The molecular weight excluding hydrogens is 265 g/mol. The van der Waals surface area contributed by atoms with Gasteiger partial charge in [0.05, 0.1) is 5.56 Å². The number of nitrogens with zero attached hydrogens (tertiary/aromatic N) is 1. The van der Waals surface area contributed by atoms with Crippen molar-refractivity contribution >= 4 is 5.69 Å².